The van der Waals surface area contributed by atoms with E-state index in [0.717, 1.165) is 43.4 Å². The Kier molecular flexibility index (Phi) is 11.9. The first-order valence-corrected chi connectivity index (χ1v) is 10.1. The molecule has 2 rings (SSSR count). The third kappa shape index (κ3) is 8.33. The van der Waals surface area contributed by atoms with Crippen LogP contribution in [0.1, 0.15) is 69.9 Å². The summed E-state index contributed by atoms with van der Waals surface area (Å²) in [6.45, 7) is 5.73. The van der Waals surface area contributed by atoms with Crippen molar-refractivity contribution in [2.24, 2.45) is 18.0 Å². The van der Waals surface area contributed by atoms with E-state index in [-0.39, 0.29) is 30.6 Å². The zero-order valence-corrected chi connectivity index (χ0v) is 19.4. The van der Waals surface area contributed by atoms with Crippen LogP contribution in [0.25, 0.3) is 0 Å². The standard InChI is InChI=1S/C19H36N6O.HI/c1-4-8-16(11-12-26)13-20-19(22-17-9-6-5-7-10-17)21-14-18-24-23-15(2)25(18)3;/h16-17,26H,4-14H2,1-3H3,(H2,20,21,22);1H. The molecule has 1 aliphatic carbocycles. The van der Waals surface area contributed by atoms with E-state index >= 15 is 0 Å². The number of rotatable bonds is 9. The summed E-state index contributed by atoms with van der Waals surface area (Å²) in [5.41, 5.74) is 0. The Bertz CT molecular complexity index is 550. The molecule has 0 bridgehead atoms. The second-order valence-corrected chi connectivity index (χ2v) is 7.41. The number of halogens is 1. The predicted molar refractivity (Wildman–Crippen MR) is 120 cm³/mol. The molecule has 1 unspecified atom stereocenters. The summed E-state index contributed by atoms with van der Waals surface area (Å²) in [4.78, 5) is 4.76. The first-order chi connectivity index (χ1) is 12.6. The molecule has 1 atom stereocenters. The van der Waals surface area contributed by atoms with E-state index < -0.39 is 0 Å². The molecule has 156 valence electrons. The van der Waals surface area contributed by atoms with Crippen LogP contribution in [0.4, 0.5) is 0 Å². The molecular formula is C19H37IN6O. The molecule has 0 amide bonds. The third-order valence-corrected chi connectivity index (χ3v) is 5.30. The van der Waals surface area contributed by atoms with Gasteiger partial charge in [0.05, 0.1) is 0 Å². The minimum atomic E-state index is 0. The van der Waals surface area contributed by atoms with Crippen molar-refractivity contribution in [3.63, 3.8) is 0 Å². The van der Waals surface area contributed by atoms with Crippen LogP contribution in [0.3, 0.4) is 0 Å². The van der Waals surface area contributed by atoms with Crippen LogP contribution in [-0.2, 0) is 13.6 Å². The van der Waals surface area contributed by atoms with Crippen LogP contribution < -0.4 is 10.6 Å². The van der Waals surface area contributed by atoms with Gasteiger partial charge >= 0.3 is 0 Å². The van der Waals surface area contributed by atoms with Crippen molar-refractivity contribution >= 4 is 29.9 Å². The van der Waals surface area contributed by atoms with Crippen LogP contribution >= 0.6 is 24.0 Å². The highest BCUT2D eigenvalue weighted by Gasteiger charge is 2.16. The number of aliphatic hydroxyl groups is 1. The SMILES string of the molecule is CCCC(CCO)CNC(=NCc1nnc(C)n1C)NC1CCCCC1.I. The molecule has 1 heterocycles. The first kappa shape index (κ1) is 24.1. The number of guanidine groups is 1. The van der Waals surface area contributed by atoms with Gasteiger partial charge in [0.25, 0.3) is 0 Å². The van der Waals surface area contributed by atoms with E-state index in [1.807, 2.05) is 18.5 Å². The number of aryl methyl sites for hydroxylation is 1. The Hall–Kier alpha value is -0.900. The maximum absolute atomic E-state index is 9.28. The molecule has 0 aromatic carbocycles. The number of aromatic nitrogens is 3. The van der Waals surface area contributed by atoms with E-state index in [2.05, 4.69) is 27.8 Å². The summed E-state index contributed by atoms with van der Waals surface area (Å²) in [5.74, 6) is 3.10. The maximum atomic E-state index is 9.28. The average molecular weight is 492 g/mol. The lowest BCUT2D eigenvalue weighted by Crippen LogP contribution is -2.45. The molecule has 1 aromatic rings. The molecule has 0 saturated heterocycles. The van der Waals surface area contributed by atoms with Crippen LogP contribution in [-0.4, -0.2) is 45.0 Å². The molecule has 0 spiro atoms. The van der Waals surface area contributed by atoms with Crippen molar-refractivity contribution in [1.82, 2.24) is 25.4 Å². The molecule has 0 radical (unpaired) electrons. The number of hydrogen-bond acceptors (Lipinski definition) is 4. The van der Waals surface area contributed by atoms with Gasteiger partial charge < -0.3 is 20.3 Å². The summed E-state index contributed by atoms with van der Waals surface area (Å²) in [7, 11) is 1.97. The lowest BCUT2D eigenvalue weighted by molar-refractivity contribution is 0.251. The summed E-state index contributed by atoms with van der Waals surface area (Å²) in [6, 6.07) is 0.499. The molecule has 1 aromatic heterocycles. The van der Waals surface area contributed by atoms with E-state index in [1.165, 1.54) is 32.1 Å². The zero-order chi connectivity index (χ0) is 18.8. The zero-order valence-electron chi connectivity index (χ0n) is 17.1. The van der Waals surface area contributed by atoms with E-state index in [9.17, 15) is 5.11 Å². The van der Waals surface area contributed by atoms with Crippen molar-refractivity contribution < 1.29 is 5.11 Å². The molecule has 0 aliphatic heterocycles. The smallest absolute Gasteiger partial charge is 0.191 e. The normalized spacial score (nSPS) is 16.7. The molecule has 1 fully saturated rings. The Labute approximate surface area is 180 Å². The van der Waals surface area contributed by atoms with Gasteiger partial charge in [-0.2, -0.15) is 0 Å². The highest BCUT2D eigenvalue weighted by molar-refractivity contribution is 14.0. The fraction of sp³-hybridized carbons (Fsp3) is 0.842. The topological polar surface area (TPSA) is 87.4 Å². The van der Waals surface area contributed by atoms with Gasteiger partial charge in [-0.3, -0.25) is 0 Å². The number of nitrogens with one attached hydrogen (secondary N) is 2. The molecule has 27 heavy (non-hydrogen) atoms. The minimum absolute atomic E-state index is 0. The molecule has 1 aliphatic rings. The van der Waals surface area contributed by atoms with E-state index in [0.29, 0.717) is 18.5 Å². The predicted octanol–water partition coefficient (Wildman–Crippen LogP) is 2.91. The van der Waals surface area contributed by atoms with Crippen molar-refractivity contribution in [2.45, 2.75) is 77.8 Å². The highest BCUT2D eigenvalue weighted by Crippen LogP contribution is 2.17. The molecular weight excluding hydrogens is 455 g/mol. The minimum Gasteiger partial charge on any atom is -0.396 e. The van der Waals surface area contributed by atoms with Gasteiger partial charge in [0.15, 0.2) is 11.8 Å². The summed E-state index contributed by atoms with van der Waals surface area (Å²) in [5, 5.41) is 24.7. The second kappa shape index (κ2) is 13.3. The van der Waals surface area contributed by atoms with Gasteiger partial charge in [0.1, 0.15) is 12.4 Å². The molecule has 8 heteroatoms. The second-order valence-electron chi connectivity index (χ2n) is 7.41. The molecule has 7 nitrogen and oxygen atoms in total. The highest BCUT2D eigenvalue weighted by atomic mass is 127. The Morgan fingerprint density at radius 3 is 2.59 bits per heavy atom. The van der Waals surface area contributed by atoms with E-state index in [4.69, 9.17) is 4.99 Å². The van der Waals surface area contributed by atoms with Crippen molar-refractivity contribution in [3.05, 3.63) is 11.6 Å². The summed E-state index contributed by atoms with van der Waals surface area (Å²) >= 11 is 0. The van der Waals surface area contributed by atoms with Gasteiger partial charge in [-0.25, -0.2) is 4.99 Å². The van der Waals surface area contributed by atoms with Gasteiger partial charge in [-0.05, 0) is 38.5 Å². The fourth-order valence-corrected chi connectivity index (χ4v) is 3.51. The molecule has 3 N–H and O–H groups in total. The maximum Gasteiger partial charge on any atom is 0.191 e. The molecule has 1 saturated carbocycles. The largest absolute Gasteiger partial charge is 0.396 e. The monoisotopic (exact) mass is 492 g/mol. The number of aliphatic hydroxyl groups excluding tert-OH is 1. The Morgan fingerprint density at radius 1 is 1.26 bits per heavy atom. The van der Waals surface area contributed by atoms with Crippen molar-refractivity contribution in [1.29, 1.82) is 0 Å². The van der Waals surface area contributed by atoms with Crippen LogP contribution in [0.5, 0.6) is 0 Å². The van der Waals surface area contributed by atoms with E-state index in [1.54, 1.807) is 0 Å². The van der Waals surface area contributed by atoms with Crippen LogP contribution in [0.15, 0.2) is 4.99 Å². The third-order valence-electron chi connectivity index (χ3n) is 5.30. The van der Waals surface area contributed by atoms with Crippen molar-refractivity contribution in [2.75, 3.05) is 13.2 Å². The Balaban J connectivity index is 0.00000364. The average Bonchev–Trinajstić information content (AvgIpc) is 2.97. The summed E-state index contributed by atoms with van der Waals surface area (Å²) < 4.78 is 1.98. The van der Waals surface area contributed by atoms with Gasteiger partial charge in [0.2, 0.25) is 0 Å². The first-order valence-electron chi connectivity index (χ1n) is 10.1. The van der Waals surface area contributed by atoms with Gasteiger partial charge in [-0.1, -0.05) is 32.6 Å². The lowest BCUT2D eigenvalue weighted by atomic mass is 9.96. The lowest BCUT2D eigenvalue weighted by Gasteiger charge is -2.26. The number of nitrogens with zero attached hydrogens (tertiary/aromatic N) is 4. The number of hydrogen-bond donors (Lipinski definition) is 3. The quantitative estimate of drug-likeness (QED) is 0.280. The van der Waals surface area contributed by atoms with Gasteiger partial charge in [0, 0.05) is 26.2 Å². The van der Waals surface area contributed by atoms with Crippen LogP contribution in [0, 0.1) is 12.8 Å². The van der Waals surface area contributed by atoms with Crippen LogP contribution in [0.2, 0.25) is 0 Å². The van der Waals surface area contributed by atoms with Gasteiger partial charge in [-0.15, -0.1) is 34.2 Å². The van der Waals surface area contributed by atoms with Crippen molar-refractivity contribution in [3.8, 4) is 0 Å². The number of aliphatic imine (C=N–C) groups is 1. The fourth-order valence-electron chi connectivity index (χ4n) is 3.51. The summed E-state index contributed by atoms with van der Waals surface area (Å²) in [6.07, 6.45) is 9.41. The Morgan fingerprint density at radius 2 is 2.00 bits per heavy atom.